The SMILES string of the molecule is CC(C)N(C)C(=O)C1=C(COc2cccc(O)c2C=O)C[CH2][Ac][CH2]1. The number of ether oxygens (including phenoxy) is 1. The maximum atomic E-state index is 12.7. The van der Waals surface area contributed by atoms with Gasteiger partial charge in [-0.05, 0) is 0 Å². The summed E-state index contributed by atoms with van der Waals surface area (Å²) in [5.41, 5.74) is 2.12. The molecule has 6 heteroatoms. The zero-order valence-electron chi connectivity index (χ0n) is 14.4. The molecule has 1 N–H and O–H groups in total. The number of rotatable bonds is 6. The molecule has 0 unspecified atom stereocenters. The van der Waals surface area contributed by atoms with Crippen LogP contribution in [0.3, 0.4) is 0 Å². The van der Waals surface area contributed by atoms with Crippen molar-refractivity contribution in [1.29, 1.82) is 0 Å². The van der Waals surface area contributed by atoms with Gasteiger partial charge in [-0.25, -0.2) is 0 Å². The van der Waals surface area contributed by atoms with Crippen molar-refractivity contribution in [2.75, 3.05) is 13.7 Å². The number of nitrogens with zero attached hydrogens (tertiary/aromatic N) is 1. The van der Waals surface area contributed by atoms with E-state index in [0.29, 0.717) is 18.6 Å². The molecule has 0 atom stereocenters. The van der Waals surface area contributed by atoms with Crippen molar-refractivity contribution >= 4 is 12.2 Å². The zero-order chi connectivity index (χ0) is 17.7. The molecule has 0 spiro atoms. The molecule has 0 saturated heterocycles. The Balaban J connectivity index is 2.21. The Hall–Kier alpha value is -0.858. The van der Waals surface area contributed by atoms with Gasteiger partial charge in [0.25, 0.3) is 0 Å². The van der Waals surface area contributed by atoms with Gasteiger partial charge in [0, 0.05) is 0 Å². The number of aromatic hydroxyl groups is 1. The van der Waals surface area contributed by atoms with Gasteiger partial charge in [0.2, 0.25) is 0 Å². The summed E-state index contributed by atoms with van der Waals surface area (Å²) in [6, 6.07) is 4.92. The van der Waals surface area contributed by atoms with Gasteiger partial charge in [-0.3, -0.25) is 0 Å². The predicted molar refractivity (Wildman–Crippen MR) is 88.2 cm³/mol. The number of aldehydes is 1. The maximum absolute atomic E-state index is 12.7. The van der Waals surface area contributed by atoms with Crippen LogP contribution in [0.2, 0.25) is 3.20 Å². The molecular formula is C18H23AcNO4. The Morgan fingerprint density at radius 1 is 1.46 bits per heavy atom. The van der Waals surface area contributed by atoms with Gasteiger partial charge >= 0.3 is 166 Å². The number of hydrogen-bond acceptors (Lipinski definition) is 4. The third kappa shape index (κ3) is 4.61. The normalized spacial score (nSPS) is 14.0. The molecule has 1 aliphatic heterocycles. The summed E-state index contributed by atoms with van der Waals surface area (Å²) < 4.78 is 8.00. The number of carbonyl (C=O) groups is 2. The molecule has 1 aromatic carbocycles. The Kier molecular flexibility index (Phi) is 7.31. The van der Waals surface area contributed by atoms with Crippen LogP contribution < -0.4 is 4.74 Å². The molecule has 0 aromatic heterocycles. The molecule has 0 fully saturated rings. The van der Waals surface area contributed by atoms with Crippen LogP contribution in [0.25, 0.3) is 0 Å². The van der Waals surface area contributed by atoms with E-state index in [2.05, 4.69) is 0 Å². The van der Waals surface area contributed by atoms with Crippen LogP contribution in [0, 0.1) is 39.7 Å². The predicted octanol–water partition coefficient (Wildman–Crippen LogP) is 3.07. The first-order chi connectivity index (χ1) is 11.5. The molecule has 1 amide bonds. The number of amides is 1. The topological polar surface area (TPSA) is 66.8 Å². The summed E-state index contributed by atoms with van der Waals surface area (Å²) in [4.78, 5) is 25.6. The number of benzene rings is 1. The third-order valence-corrected chi connectivity index (χ3v) is 10.1. The number of hydrogen-bond donors (Lipinski definition) is 1. The van der Waals surface area contributed by atoms with Gasteiger partial charge in [-0.15, -0.1) is 0 Å². The first-order valence-electron chi connectivity index (χ1n) is 8.15. The molecule has 0 bridgehead atoms. The minimum absolute atomic E-state index is 0.0901. The fourth-order valence-electron chi connectivity index (χ4n) is 2.60. The van der Waals surface area contributed by atoms with E-state index in [-0.39, 0.29) is 23.3 Å². The van der Waals surface area contributed by atoms with E-state index in [4.69, 9.17) is 4.74 Å². The van der Waals surface area contributed by atoms with Gasteiger partial charge < -0.3 is 0 Å². The summed E-state index contributed by atoms with van der Waals surface area (Å²) in [6.07, 6.45) is 1.51. The van der Waals surface area contributed by atoms with E-state index >= 15 is 0 Å². The Bertz CT molecular complexity index is 654. The van der Waals surface area contributed by atoms with Gasteiger partial charge in [0.15, 0.2) is 0 Å². The molecule has 0 saturated carbocycles. The molecule has 1 aromatic rings. The first kappa shape index (κ1) is 19.5. The van der Waals surface area contributed by atoms with Crippen molar-refractivity contribution in [2.45, 2.75) is 29.5 Å². The van der Waals surface area contributed by atoms with Crippen LogP contribution in [0.5, 0.6) is 11.5 Å². The van der Waals surface area contributed by atoms with Crippen LogP contribution >= 0.6 is 0 Å². The first-order valence-corrected chi connectivity index (χ1v) is 14.9. The van der Waals surface area contributed by atoms with Gasteiger partial charge in [-0.2, -0.15) is 0 Å². The van der Waals surface area contributed by atoms with Crippen molar-refractivity contribution in [3.63, 3.8) is 0 Å². The van der Waals surface area contributed by atoms with Crippen LogP contribution in [0.15, 0.2) is 29.3 Å². The number of carbonyl (C=O) groups excluding carboxylic acids is 2. The van der Waals surface area contributed by atoms with E-state index in [0.717, 1.165) is 19.2 Å². The fraction of sp³-hybridized carbons (Fsp3) is 0.444. The van der Waals surface area contributed by atoms with Crippen molar-refractivity contribution < 1.29 is 59.1 Å². The average molecular weight is 544 g/mol. The molecule has 127 valence electrons. The summed E-state index contributed by atoms with van der Waals surface area (Å²) in [6.45, 7) is 4.31. The molecule has 0 aliphatic carbocycles. The van der Waals surface area contributed by atoms with Gasteiger partial charge in [-0.1, -0.05) is 0 Å². The third-order valence-electron chi connectivity index (χ3n) is 4.34. The zero-order valence-corrected chi connectivity index (χ0v) is 19.2. The summed E-state index contributed by atoms with van der Waals surface area (Å²) >= 11 is -0.937. The molecule has 24 heavy (non-hydrogen) atoms. The van der Waals surface area contributed by atoms with Crippen LogP contribution in [-0.2, 0) is 4.79 Å². The quantitative estimate of drug-likeness (QED) is 0.560. The van der Waals surface area contributed by atoms with E-state index < -0.39 is 39.7 Å². The Morgan fingerprint density at radius 2 is 2.21 bits per heavy atom. The molecular weight excluding hydrogens is 521 g/mol. The van der Waals surface area contributed by atoms with Crippen LogP contribution in [0.4, 0.5) is 0 Å². The number of phenolic OH excluding ortho intramolecular Hbond substituents is 1. The van der Waals surface area contributed by atoms with Crippen LogP contribution in [0.1, 0.15) is 30.6 Å². The van der Waals surface area contributed by atoms with Gasteiger partial charge in [0.05, 0.1) is 0 Å². The monoisotopic (exact) mass is 544 g/mol. The second kappa shape index (κ2) is 9.01. The second-order valence-electron chi connectivity index (χ2n) is 6.22. The van der Waals surface area contributed by atoms with E-state index in [1.165, 1.54) is 7.67 Å². The van der Waals surface area contributed by atoms with Crippen molar-refractivity contribution in [3.8, 4) is 11.5 Å². The second-order valence-corrected chi connectivity index (χ2v) is 12.6. The van der Waals surface area contributed by atoms with Crippen molar-refractivity contribution in [2.24, 2.45) is 0 Å². The van der Waals surface area contributed by atoms with E-state index in [9.17, 15) is 14.7 Å². The number of likely N-dealkylation sites (N-methyl/N-ethyl adjacent to an activating group) is 1. The molecule has 0 radical (unpaired) electrons. The average Bonchev–Trinajstić information content (AvgIpc) is 2.58. The Morgan fingerprint density at radius 3 is 2.88 bits per heavy atom. The van der Waals surface area contributed by atoms with Crippen molar-refractivity contribution in [3.05, 3.63) is 34.9 Å². The van der Waals surface area contributed by atoms with Gasteiger partial charge in [0.1, 0.15) is 0 Å². The summed E-state index contributed by atoms with van der Waals surface area (Å²) in [5.74, 6) is 0.373. The minimum atomic E-state index is -0.937. The number of phenols is 1. The summed E-state index contributed by atoms with van der Waals surface area (Å²) in [7, 11) is 1.84. The molecule has 1 heterocycles. The van der Waals surface area contributed by atoms with E-state index in [1.54, 1.807) is 17.0 Å². The van der Waals surface area contributed by atoms with E-state index in [1.807, 2.05) is 20.9 Å². The van der Waals surface area contributed by atoms with Crippen LogP contribution in [-0.4, -0.2) is 41.9 Å². The molecule has 1 aliphatic rings. The van der Waals surface area contributed by atoms with Crippen molar-refractivity contribution in [1.82, 2.24) is 4.90 Å². The Labute approximate surface area is 164 Å². The fourth-order valence-corrected chi connectivity index (χ4v) is 8.81. The molecule has 5 nitrogen and oxygen atoms in total. The molecule has 2 rings (SSSR count). The standard InChI is InChI=1S/C18H23NO4.Ac/c1-6-14(13(4)18(22)19(5)12(2)3)11-23-17-9-7-8-16(21)15(17)10-20;/h7-10,12,21H,1,4,6,11H2,2-3,5H3;. The summed E-state index contributed by atoms with van der Waals surface area (Å²) in [5, 5.41) is 9.73.